The maximum atomic E-state index is 10.4. The summed E-state index contributed by atoms with van der Waals surface area (Å²) in [5, 5.41) is 10.4. The summed E-state index contributed by atoms with van der Waals surface area (Å²) in [4.78, 5) is 0. The first-order chi connectivity index (χ1) is 7.66. The smallest absolute Gasteiger partial charge is 0.0639 e. The zero-order valence-electron chi connectivity index (χ0n) is 11.3. The summed E-state index contributed by atoms with van der Waals surface area (Å²) >= 11 is 3.62. The van der Waals surface area contributed by atoms with Crippen LogP contribution in [-0.4, -0.2) is 11.2 Å². The van der Waals surface area contributed by atoms with Gasteiger partial charge in [-0.05, 0) is 41.5 Å². The minimum Gasteiger partial charge on any atom is -0.392 e. The molecule has 0 bridgehead atoms. The molecule has 94 valence electrons. The predicted molar refractivity (Wildman–Crippen MR) is 75.6 cm³/mol. The molecule has 0 saturated heterocycles. The van der Waals surface area contributed by atoms with E-state index in [0.717, 1.165) is 10.9 Å². The van der Waals surface area contributed by atoms with Crippen LogP contribution in [0.2, 0.25) is 0 Å². The van der Waals surface area contributed by atoms with Crippen LogP contribution in [0.1, 0.15) is 50.8 Å². The molecule has 1 aliphatic carbocycles. The lowest BCUT2D eigenvalue weighted by Crippen LogP contribution is -2.45. The van der Waals surface area contributed by atoms with Gasteiger partial charge in [-0.2, -0.15) is 0 Å². The Bertz CT molecular complexity index is 460. The first-order valence-electron chi connectivity index (χ1n) is 6.15. The number of hydrogen-bond donors (Lipinski definition) is 1. The molecule has 0 spiro atoms. The van der Waals surface area contributed by atoms with Crippen molar-refractivity contribution in [1.82, 2.24) is 0 Å². The molecule has 1 aromatic rings. The molecule has 0 saturated carbocycles. The number of fused-ring (bicyclic) bond motifs is 1. The van der Waals surface area contributed by atoms with Crippen molar-refractivity contribution in [3.8, 4) is 0 Å². The first-order valence-corrected chi connectivity index (χ1v) is 6.95. The number of hydrogen-bond acceptors (Lipinski definition) is 1. The summed E-state index contributed by atoms with van der Waals surface area (Å²) in [6.45, 7) is 10.8. The van der Waals surface area contributed by atoms with E-state index in [4.69, 9.17) is 0 Å². The van der Waals surface area contributed by atoms with Gasteiger partial charge in [0.1, 0.15) is 0 Å². The average Bonchev–Trinajstić information content (AvgIpc) is 2.18. The lowest BCUT2D eigenvalue weighted by molar-refractivity contribution is 0.0582. The molecule has 0 fully saturated rings. The van der Waals surface area contributed by atoms with Gasteiger partial charge in [-0.25, -0.2) is 0 Å². The van der Waals surface area contributed by atoms with E-state index in [-0.39, 0.29) is 16.9 Å². The normalized spacial score (nSPS) is 25.5. The quantitative estimate of drug-likeness (QED) is 0.765. The van der Waals surface area contributed by atoms with Gasteiger partial charge in [0.15, 0.2) is 0 Å². The molecule has 0 unspecified atom stereocenters. The van der Waals surface area contributed by atoms with Crippen molar-refractivity contribution < 1.29 is 5.11 Å². The molecule has 1 N–H and O–H groups in total. The highest BCUT2D eigenvalue weighted by molar-refractivity contribution is 9.10. The molecule has 1 atom stereocenters. The molecule has 1 nitrogen and oxygen atoms in total. The van der Waals surface area contributed by atoms with Gasteiger partial charge in [-0.1, -0.05) is 49.7 Å². The Morgan fingerprint density at radius 1 is 1.18 bits per heavy atom. The molecule has 17 heavy (non-hydrogen) atoms. The standard InChI is InChI=1S/C15H21BrO/c1-9-6-11-10(7-12(9)16)14(2,3)8-13(17)15(11,4)5/h6-7,13,17H,8H2,1-5H3/t13-/m0/s1. The lowest BCUT2D eigenvalue weighted by Gasteiger charge is -2.45. The molecule has 0 heterocycles. The zero-order valence-corrected chi connectivity index (χ0v) is 12.9. The highest BCUT2D eigenvalue weighted by Gasteiger charge is 2.43. The fourth-order valence-electron chi connectivity index (χ4n) is 2.80. The Balaban J connectivity index is 2.73. The van der Waals surface area contributed by atoms with E-state index < -0.39 is 0 Å². The molecular formula is C15H21BrO. The van der Waals surface area contributed by atoms with Crippen molar-refractivity contribution in [2.24, 2.45) is 0 Å². The number of benzene rings is 1. The van der Waals surface area contributed by atoms with E-state index in [0.29, 0.717) is 0 Å². The summed E-state index contributed by atoms with van der Waals surface area (Å²) in [6.07, 6.45) is 0.549. The van der Waals surface area contributed by atoms with Crippen LogP contribution in [0, 0.1) is 6.92 Å². The van der Waals surface area contributed by atoms with E-state index in [1.54, 1.807) is 0 Å². The zero-order chi connectivity index (χ0) is 13.0. The molecule has 0 radical (unpaired) electrons. The first kappa shape index (κ1) is 13.1. The van der Waals surface area contributed by atoms with E-state index in [1.807, 2.05) is 0 Å². The summed E-state index contributed by atoms with van der Waals surface area (Å²) < 4.78 is 1.16. The van der Waals surface area contributed by atoms with Crippen LogP contribution in [0.15, 0.2) is 16.6 Å². The van der Waals surface area contributed by atoms with Gasteiger partial charge in [0.25, 0.3) is 0 Å². The second kappa shape index (κ2) is 3.83. The molecule has 1 aliphatic rings. The predicted octanol–water partition coefficient (Wildman–Crippen LogP) is 4.08. The van der Waals surface area contributed by atoms with Crippen LogP contribution in [-0.2, 0) is 10.8 Å². The second-order valence-electron chi connectivity index (χ2n) is 6.47. The second-order valence-corrected chi connectivity index (χ2v) is 7.33. The largest absolute Gasteiger partial charge is 0.392 e. The van der Waals surface area contributed by atoms with Gasteiger partial charge in [0.05, 0.1) is 6.10 Å². The van der Waals surface area contributed by atoms with Crippen LogP contribution >= 0.6 is 15.9 Å². The fraction of sp³-hybridized carbons (Fsp3) is 0.600. The third-order valence-corrected chi connectivity index (χ3v) is 5.11. The van der Waals surface area contributed by atoms with Crippen LogP contribution in [0.3, 0.4) is 0 Å². The third-order valence-electron chi connectivity index (χ3n) is 4.26. The third kappa shape index (κ3) is 1.96. The van der Waals surface area contributed by atoms with Crippen molar-refractivity contribution in [2.75, 3.05) is 0 Å². The van der Waals surface area contributed by atoms with Gasteiger partial charge in [0, 0.05) is 9.89 Å². The van der Waals surface area contributed by atoms with Crippen molar-refractivity contribution in [2.45, 2.75) is 58.0 Å². The summed E-state index contributed by atoms with van der Waals surface area (Å²) in [5.41, 5.74) is 3.78. The van der Waals surface area contributed by atoms with E-state index in [1.165, 1.54) is 16.7 Å². The number of aliphatic hydroxyl groups excluding tert-OH is 1. The molecule has 2 rings (SSSR count). The average molecular weight is 297 g/mol. The lowest BCUT2D eigenvalue weighted by atomic mass is 9.61. The fourth-order valence-corrected chi connectivity index (χ4v) is 3.15. The Morgan fingerprint density at radius 2 is 1.76 bits per heavy atom. The minimum atomic E-state index is -0.273. The maximum Gasteiger partial charge on any atom is 0.0639 e. The number of aliphatic hydroxyl groups is 1. The van der Waals surface area contributed by atoms with Gasteiger partial charge < -0.3 is 5.11 Å². The van der Waals surface area contributed by atoms with Gasteiger partial charge >= 0.3 is 0 Å². The number of rotatable bonds is 0. The maximum absolute atomic E-state index is 10.4. The van der Waals surface area contributed by atoms with Crippen molar-refractivity contribution >= 4 is 15.9 Å². The van der Waals surface area contributed by atoms with Crippen molar-refractivity contribution in [1.29, 1.82) is 0 Å². The Kier molecular flexibility index (Phi) is 2.95. The van der Waals surface area contributed by atoms with E-state index >= 15 is 0 Å². The molecule has 1 aromatic carbocycles. The van der Waals surface area contributed by atoms with Crippen LogP contribution in [0.5, 0.6) is 0 Å². The molecule has 2 heteroatoms. The van der Waals surface area contributed by atoms with Crippen molar-refractivity contribution in [3.63, 3.8) is 0 Å². The van der Waals surface area contributed by atoms with Gasteiger partial charge in [0.2, 0.25) is 0 Å². The summed E-state index contributed by atoms with van der Waals surface area (Å²) in [7, 11) is 0. The van der Waals surface area contributed by atoms with Crippen molar-refractivity contribution in [3.05, 3.63) is 33.3 Å². The monoisotopic (exact) mass is 296 g/mol. The Hall–Kier alpha value is -0.340. The number of halogens is 1. The van der Waals surface area contributed by atoms with E-state index in [9.17, 15) is 5.11 Å². The molecule has 0 aliphatic heterocycles. The highest BCUT2D eigenvalue weighted by Crippen LogP contribution is 2.47. The van der Waals surface area contributed by atoms with Crippen LogP contribution in [0.25, 0.3) is 0 Å². The van der Waals surface area contributed by atoms with Gasteiger partial charge in [-0.3, -0.25) is 0 Å². The minimum absolute atomic E-state index is 0.0422. The Morgan fingerprint density at radius 3 is 2.35 bits per heavy atom. The van der Waals surface area contributed by atoms with E-state index in [2.05, 4.69) is 62.7 Å². The van der Waals surface area contributed by atoms with Crippen LogP contribution in [0.4, 0.5) is 0 Å². The molecule has 0 aromatic heterocycles. The van der Waals surface area contributed by atoms with Crippen LogP contribution < -0.4 is 0 Å². The highest BCUT2D eigenvalue weighted by atomic mass is 79.9. The SMILES string of the molecule is Cc1cc2c(cc1Br)C(C)(C)C[C@H](O)C2(C)C. The Labute approximate surface area is 112 Å². The topological polar surface area (TPSA) is 20.2 Å². The summed E-state index contributed by atoms with van der Waals surface area (Å²) in [5.74, 6) is 0. The molecular weight excluding hydrogens is 276 g/mol. The molecule has 0 amide bonds. The number of aryl methyl sites for hydroxylation is 1. The summed E-state index contributed by atoms with van der Waals surface area (Å²) in [6, 6.07) is 4.46. The van der Waals surface area contributed by atoms with Gasteiger partial charge in [-0.15, -0.1) is 0 Å².